The predicted octanol–water partition coefficient (Wildman–Crippen LogP) is 0.764. The fourth-order valence-corrected chi connectivity index (χ4v) is 1.99. The molecule has 5 nitrogen and oxygen atoms in total. The van der Waals surface area contributed by atoms with Crippen molar-refractivity contribution in [1.82, 2.24) is 5.32 Å². The molecule has 3 N–H and O–H groups in total. The lowest BCUT2D eigenvalue weighted by atomic mass is 10.0. The highest BCUT2D eigenvalue weighted by Crippen LogP contribution is 2.31. The van der Waals surface area contributed by atoms with E-state index in [9.17, 15) is 14.7 Å². The monoisotopic (exact) mass is 243 g/mol. The van der Waals surface area contributed by atoms with Gasteiger partial charge in [-0.25, -0.2) is 0 Å². The zero-order chi connectivity index (χ0) is 13.1. The number of amides is 1. The maximum atomic E-state index is 11.8. The fourth-order valence-electron chi connectivity index (χ4n) is 1.99. The Kier molecular flexibility index (Phi) is 4.51. The van der Waals surface area contributed by atoms with Crippen molar-refractivity contribution >= 4 is 11.9 Å². The summed E-state index contributed by atoms with van der Waals surface area (Å²) in [5.74, 6) is -1.57. The van der Waals surface area contributed by atoms with E-state index < -0.39 is 17.5 Å². The number of carbonyl (C=O) groups excluding carboxylic acids is 1. The molecule has 0 aromatic carbocycles. The molecule has 0 aromatic rings. The fraction of sp³-hybridized carbons (Fsp3) is 0.833. The van der Waals surface area contributed by atoms with Gasteiger partial charge in [-0.15, -0.1) is 0 Å². The second-order valence-corrected chi connectivity index (χ2v) is 5.11. The third-order valence-corrected chi connectivity index (χ3v) is 3.56. The summed E-state index contributed by atoms with van der Waals surface area (Å²) in [7, 11) is 0. The van der Waals surface area contributed by atoms with Crippen molar-refractivity contribution < 1.29 is 19.8 Å². The predicted molar refractivity (Wildman–Crippen MR) is 62.4 cm³/mol. The molecule has 1 amide bonds. The van der Waals surface area contributed by atoms with Gasteiger partial charge >= 0.3 is 5.97 Å². The number of hydrogen-bond donors (Lipinski definition) is 3. The van der Waals surface area contributed by atoms with Gasteiger partial charge in [0.15, 0.2) is 0 Å². The first kappa shape index (κ1) is 14.0. The van der Waals surface area contributed by atoms with E-state index in [-0.39, 0.29) is 18.4 Å². The second kappa shape index (κ2) is 5.49. The molecule has 0 saturated heterocycles. The molecule has 0 radical (unpaired) electrons. The molecule has 0 heterocycles. The van der Waals surface area contributed by atoms with Crippen molar-refractivity contribution in [2.24, 2.45) is 11.8 Å². The molecule has 0 bridgehead atoms. The van der Waals surface area contributed by atoms with Crippen LogP contribution in [-0.2, 0) is 9.59 Å². The Hall–Kier alpha value is -1.10. The smallest absolute Gasteiger partial charge is 0.306 e. The number of aliphatic carboxylic acids is 1. The van der Waals surface area contributed by atoms with E-state index >= 15 is 0 Å². The molecular formula is C12H21NO4. The lowest BCUT2D eigenvalue weighted by molar-refractivity contribution is -0.141. The van der Waals surface area contributed by atoms with Crippen molar-refractivity contribution in [2.45, 2.75) is 45.1 Å². The Balaban J connectivity index is 2.37. The van der Waals surface area contributed by atoms with E-state index in [1.54, 1.807) is 6.92 Å². The average Bonchev–Trinajstić information content (AvgIpc) is 2.75. The molecule has 1 saturated carbocycles. The summed E-state index contributed by atoms with van der Waals surface area (Å²) >= 11 is 0. The number of nitrogens with one attached hydrogen (secondary N) is 1. The third-order valence-electron chi connectivity index (χ3n) is 3.56. The molecule has 1 fully saturated rings. The van der Waals surface area contributed by atoms with Crippen LogP contribution in [0.3, 0.4) is 0 Å². The van der Waals surface area contributed by atoms with Crippen molar-refractivity contribution in [3.63, 3.8) is 0 Å². The third kappa shape index (κ3) is 4.00. The first-order chi connectivity index (χ1) is 7.85. The van der Waals surface area contributed by atoms with Crippen LogP contribution in [0.1, 0.15) is 39.5 Å². The van der Waals surface area contributed by atoms with Crippen LogP contribution in [0.4, 0.5) is 0 Å². The van der Waals surface area contributed by atoms with Gasteiger partial charge < -0.3 is 15.5 Å². The maximum Gasteiger partial charge on any atom is 0.306 e. The maximum absolute atomic E-state index is 11.8. The molecule has 1 unspecified atom stereocenters. The van der Waals surface area contributed by atoms with Crippen molar-refractivity contribution in [2.75, 3.05) is 6.54 Å². The standard InChI is InChI=1S/C12H21NO4/c1-3-12(2,17)7-13-10(14)8-4-5-9(6-8)11(15)16/h8-9,17H,3-7H2,1-2H3,(H,13,14)(H,15,16)/t8-,9+,12?/m1/s1. The van der Waals surface area contributed by atoms with Crippen LogP contribution < -0.4 is 5.32 Å². The van der Waals surface area contributed by atoms with Gasteiger partial charge in [0.2, 0.25) is 5.91 Å². The minimum Gasteiger partial charge on any atom is -0.481 e. The summed E-state index contributed by atoms with van der Waals surface area (Å²) in [6.07, 6.45) is 2.17. The van der Waals surface area contributed by atoms with Crippen LogP contribution in [-0.4, -0.2) is 34.2 Å². The van der Waals surface area contributed by atoms with Gasteiger partial charge in [-0.2, -0.15) is 0 Å². The summed E-state index contributed by atoms with van der Waals surface area (Å²) in [6, 6.07) is 0. The summed E-state index contributed by atoms with van der Waals surface area (Å²) in [5, 5.41) is 21.3. The van der Waals surface area contributed by atoms with Gasteiger partial charge in [-0.1, -0.05) is 6.92 Å². The first-order valence-corrected chi connectivity index (χ1v) is 6.08. The Morgan fingerprint density at radius 2 is 1.94 bits per heavy atom. The SMILES string of the molecule is CCC(C)(O)CNC(=O)[C@@H]1CC[C@H](C(=O)O)C1. The van der Waals surface area contributed by atoms with Gasteiger partial charge in [0.25, 0.3) is 0 Å². The molecule has 1 rings (SSSR count). The van der Waals surface area contributed by atoms with Crippen LogP contribution in [0.15, 0.2) is 0 Å². The summed E-state index contributed by atoms with van der Waals surface area (Å²) in [5.41, 5.74) is -0.888. The van der Waals surface area contributed by atoms with Crippen LogP contribution in [0, 0.1) is 11.8 Å². The Labute approximate surface area is 101 Å². The highest BCUT2D eigenvalue weighted by Gasteiger charge is 2.34. The molecule has 17 heavy (non-hydrogen) atoms. The molecule has 1 aliphatic rings. The van der Waals surface area contributed by atoms with E-state index in [4.69, 9.17) is 5.11 Å². The quantitative estimate of drug-likeness (QED) is 0.665. The number of carbonyl (C=O) groups is 2. The zero-order valence-electron chi connectivity index (χ0n) is 10.4. The number of rotatable bonds is 5. The van der Waals surface area contributed by atoms with Gasteiger partial charge in [-0.05, 0) is 32.6 Å². The number of carboxylic acids is 1. The Morgan fingerprint density at radius 3 is 2.41 bits per heavy atom. The number of hydrogen-bond acceptors (Lipinski definition) is 3. The van der Waals surface area contributed by atoms with E-state index in [0.29, 0.717) is 25.7 Å². The van der Waals surface area contributed by atoms with Gasteiger partial charge in [0, 0.05) is 12.5 Å². The molecule has 0 spiro atoms. The number of carboxylic acid groups (broad SMARTS) is 1. The Morgan fingerprint density at radius 1 is 1.35 bits per heavy atom. The van der Waals surface area contributed by atoms with E-state index in [1.165, 1.54) is 0 Å². The second-order valence-electron chi connectivity index (χ2n) is 5.11. The van der Waals surface area contributed by atoms with Crippen molar-refractivity contribution in [1.29, 1.82) is 0 Å². The average molecular weight is 243 g/mol. The normalized spacial score (nSPS) is 27.5. The molecular weight excluding hydrogens is 222 g/mol. The van der Waals surface area contributed by atoms with Gasteiger partial charge in [-0.3, -0.25) is 9.59 Å². The topological polar surface area (TPSA) is 86.6 Å². The van der Waals surface area contributed by atoms with E-state index in [0.717, 1.165) is 0 Å². The summed E-state index contributed by atoms with van der Waals surface area (Å²) < 4.78 is 0. The largest absolute Gasteiger partial charge is 0.481 e. The summed E-state index contributed by atoms with van der Waals surface area (Å²) in [6.45, 7) is 3.74. The van der Waals surface area contributed by atoms with Gasteiger partial charge in [0.1, 0.15) is 0 Å². The first-order valence-electron chi connectivity index (χ1n) is 6.08. The minimum atomic E-state index is -0.888. The summed E-state index contributed by atoms with van der Waals surface area (Å²) in [4.78, 5) is 22.5. The molecule has 5 heteroatoms. The van der Waals surface area contributed by atoms with Gasteiger partial charge in [0.05, 0.1) is 11.5 Å². The molecule has 0 aromatic heterocycles. The molecule has 3 atom stereocenters. The van der Waals surface area contributed by atoms with Crippen LogP contribution in [0.2, 0.25) is 0 Å². The van der Waals surface area contributed by atoms with E-state index in [2.05, 4.69) is 5.32 Å². The van der Waals surface area contributed by atoms with Crippen LogP contribution in [0.5, 0.6) is 0 Å². The lowest BCUT2D eigenvalue weighted by Gasteiger charge is -2.22. The molecule has 1 aliphatic carbocycles. The minimum absolute atomic E-state index is 0.137. The van der Waals surface area contributed by atoms with Crippen molar-refractivity contribution in [3.05, 3.63) is 0 Å². The molecule has 98 valence electrons. The lowest BCUT2D eigenvalue weighted by Crippen LogP contribution is -2.42. The number of aliphatic hydroxyl groups is 1. The van der Waals surface area contributed by atoms with E-state index in [1.807, 2.05) is 6.92 Å². The molecule has 0 aliphatic heterocycles. The van der Waals surface area contributed by atoms with Crippen LogP contribution >= 0.6 is 0 Å². The highest BCUT2D eigenvalue weighted by atomic mass is 16.4. The highest BCUT2D eigenvalue weighted by molar-refractivity contribution is 5.80. The van der Waals surface area contributed by atoms with Crippen molar-refractivity contribution in [3.8, 4) is 0 Å². The zero-order valence-corrected chi connectivity index (χ0v) is 10.4. The van der Waals surface area contributed by atoms with Crippen LogP contribution in [0.25, 0.3) is 0 Å². The Bertz CT molecular complexity index is 301.